The molecule has 1 N–H and O–H groups in total. The van der Waals surface area contributed by atoms with Crippen LogP contribution in [0, 0.1) is 0 Å². The highest BCUT2D eigenvalue weighted by Gasteiger charge is 2.35. The summed E-state index contributed by atoms with van der Waals surface area (Å²) in [5.41, 5.74) is 0.372. The van der Waals surface area contributed by atoms with Gasteiger partial charge in [-0.25, -0.2) is 4.98 Å². The Bertz CT molecular complexity index is 466. The lowest BCUT2D eigenvalue weighted by Gasteiger charge is -2.18. The van der Waals surface area contributed by atoms with Gasteiger partial charge in [0.2, 0.25) is 0 Å². The van der Waals surface area contributed by atoms with Crippen molar-refractivity contribution in [3.8, 4) is 0 Å². The van der Waals surface area contributed by atoms with Gasteiger partial charge in [0.15, 0.2) is 0 Å². The molecule has 1 heterocycles. The highest BCUT2D eigenvalue weighted by molar-refractivity contribution is 7.09. The third kappa shape index (κ3) is 2.87. The minimum absolute atomic E-state index is 0.0813. The topological polar surface area (TPSA) is 70.5 Å². The number of hydrogen-bond donors (Lipinski definition) is 1. The second-order valence-corrected chi connectivity index (χ2v) is 5.67. The maximum absolute atomic E-state index is 12.2. The number of aliphatic carboxylic acids is 1. The first-order valence-electron chi connectivity index (χ1n) is 5.97. The number of thiazole rings is 1. The Kier molecular flexibility index (Phi) is 3.65. The van der Waals surface area contributed by atoms with Gasteiger partial charge < -0.3 is 10.0 Å². The van der Waals surface area contributed by atoms with E-state index in [1.54, 1.807) is 5.38 Å². The fourth-order valence-electron chi connectivity index (χ4n) is 1.70. The first kappa shape index (κ1) is 13.0. The summed E-state index contributed by atoms with van der Waals surface area (Å²) in [4.78, 5) is 28.7. The van der Waals surface area contributed by atoms with Crippen molar-refractivity contribution in [3.63, 3.8) is 0 Å². The number of carboxylic acids is 1. The monoisotopic (exact) mass is 268 g/mol. The summed E-state index contributed by atoms with van der Waals surface area (Å²) >= 11 is 1.45. The second kappa shape index (κ2) is 5.06. The summed E-state index contributed by atoms with van der Waals surface area (Å²) in [6.45, 7) is 3.80. The van der Waals surface area contributed by atoms with Gasteiger partial charge >= 0.3 is 5.97 Å². The Morgan fingerprint density at radius 3 is 2.67 bits per heavy atom. The Hall–Kier alpha value is -1.43. The van der Waals surface area contributed by atoms with E-state index in [0.29, 0.717) is 5.69 Å². The zero-order valence-corrected chi connectivity index (χ0v) is 11.2. The van der Waals surface area contributed by atoms with Gasteiger partial charge in [0, 0.05) is 17.3 Å². The molecule has 1 aromatic heterocycles. The van der Waals surface area contributed by atoms with Crippen molar-refractivity contribution in [1.29, 1.82) is 0 Å². The van der Waals surface area contributed by atoms with Crippen LogP contribution in [0.3, 0.4) is 0 Å². The Morgan fingerprint density at radius 2 is 2.22 bits per heavy atom. The molecule has 1 aliphatic rings. The van der Waals surface area contributed by atoms with Gasteiger partial charge in [-0.2, -0.15) is 0 Å². The maximum atomic E-state index is 12.2. The zero-order chi connectivity index (χ0) is 13.3. The number of rotatable bonds is 5. The lowest BCUT2D eigenvalue weighted by Crippen LogP contribution is -2.37. The van der Waals surface area contributed by atoms with Crippen molar-refractivity contribution in [2.75, 3.05) is 6.54 Å². The molecule has 2 rings (SSSR count). The normalized spacial score (nSPS) is 14.8. The van der Waals surface area contributed by atoms with Crippen LogP contribution in [0.25, 0.3) is 0 Å². The van der Waals surface area contributed by atoms with E-state index < -0.39 is 5.97 Å². The van der Waals surface area contributed by atoms with E-state index in [2.05, 4.69) is 4.98 Å². The van der Waals surface area contributed by atoms with Crippen molar-refractivity contribution >= 4 is 23.2 Å². The van der Waals surface area contributed by atoms with Gasteiger partial charge in [-0.05, 0) is 12.8 Å². The summed E-state index contributed by atoms with van der Waals surface area (Å²) in [6, 6.07) is 0.0813. The highest BCUT2D eigenvalue weighted by Crippen LogP contribution is 2.29. The van der Waals surface area contributed by atoms with Crippen LogP contribution in [-0.4, -0.2) is 39.5 Å². The van der Waals surface area contributed by atoms with Crippen LogP contribution in [0.15, 0.2) is 5.38 Å². The molecule has 5 nitrogen and oxygen atoms in total. The first-order chi connectivity index (χ1) is 8.49. The molecule has 0 bridgehead atoms. The molecular formula is C12H16N2O3S. The number of aromatic nitrogens is 1. The van der Waals surface area contributed by atoms with Crippen molar-refractivity contribution in [3.05, 3.63) is 16.1 Å². The van der Waals surface area contributed by atoms with Gasteiger partial charge in [-0.1, -0.05) is 13.8 Å². The maximum Gasteiger partial charge on any atom is 0.323 e. The largest absolute Gasteiger partial charge is 0.480 e. The minimum Gasteiger partial charge on any atom is -0.480 e. The van der Waals surface area contributed by atoms with Gasteiger partial charge in [0.1, 0.15) is 12.2 Å². The number of nitrogens with zero attached hydrogens (tertiary/aromatic N) is 2. The molecule has 1 aromatic rings. The van der Waals surface area contributed by atoms with Gasteiger partial charge in [0.05, 0.1) is 5.01 Å². The quantitative estimate of drug-likeness (QED) is 0.886. The average molecular weight is 268 g/mol. The molecule has 0 radical (unpaired) electrons. The minimum atomic E-state index is -0.977. The molecular weight excluding hydrogens is 252 g/mol. The van der Waals surface area contributed by atoms with E-state index in [1.165, 1.54) is 16.2 Å². The number of amides is 1. The number of carboxylic acid groups (broad SMARTS) is 1. The molecule has 0 atom stereocenters. The number of hydrogen-bond acceptors (Lipinski definition) is 4. The molecule has 0 aliphatic heterocycles. The lowest BCUT2D eigenvalue weighted by atomic mass is 10.2. The van der Waals surface area contributed by atoms with Gasteiger partial charge in [-0.3, -0.25) is 9.59 Å². The molecule has 1 amide bonds. The number of carbonyl (C=O) groups is 2. The molecule has 0 unspecified atom stereocenters. The first-order valence-corrected chi connectivity index (χ1v) is 6.85. The van der Waals surface area contributed by atoms with E-state index in [1.807, 2.05) is 13.8 Å². The fourth-order valence-corrected chi connectivity index (χ4v) is 2.51. The van der Waals surface area contributed by atoms with Crippen LogP contribution >= 0.6 is 11.3 Å². The molecule has 1 fully saturated rings. The van der Waals surface area contributed by atoms with Crippen LogP contribution in [-0.2, 0) is 4.79 Å². The summed E-state index contributed by atoms with van der Waals surface area (Å²) in [7, 11) is 0. The van der Waals surface area contributed by atoms with Crippen LogP contribution < -0.4 is 0 Å². The van der Waals surface area contributed by atoms with Crippen LogP contribution in [0.2, 0.25) is 0 Å². The molecule has 18 heavy (non-hydrogen) atoms. The van der Waals surface area contributed by atoms with Gasteiger partial charge in [-0.15, -0.1) is 11.3 Å². The van der Waals surface area contributed by atoms with E-state index in [4.69, 9.17) is 5.11 Å². The van der Waals surface area contributed by atoms with Crippen LogP contribution in [0.1, 0.15) is 48.1 Å². The standard InChI is InChI=1S/C12H16N2O3S/c1-7(2)11-13-9(6-18-11)12(17)14(5-10(15)16)8-3-4-8/h6-8H,3-5H2,1-2H3,(H,15,16). The molecule has 1 aliphatic carbocycles. The van der Waals surface area contributed by atoms with Crippen molar-refractivity contribution in [1.82, 2.24) is 9.88 Å². The predicted octanol–water partition coefficient (Wildman–Crippen LogP) is 1.96. The van der Waals surface area contributed by atoms with E-state index in [-0.39, 0.29) is 24.4 Å². The van der Waals surface area contributed by atoms with E-state index in [9.17, 15) is 9.59 Å². The molecule has 0 spiro atoms. The SMILES string of the molecule is CC(C)c1nc(C(=O)N(CC(=O)O)C2CC2)cs1. The Morgan fingerprint density at radius 1 is 1.56 bits per heavy atom. The number of carbonyl (C=O) groups excluding carboxylic acids is 1. The predicted molar refractivity (Wildman–Crippen MR) is 67.9 cm³/mol. The Labute approximate surface area is 109 Å². The van der Waals surface area contributed by atoms with Crippen molar-refractivity contribution < 1.29 is 14.7 Å². The third-order valence-electron chi connectivity index (χ3n) is 2.79. The summed E-state index contributed by atoms with van der Waals surface area (Å²) in [5, 5.41) is 11.5. The van der Waals surface area contributed by atoms with Crippen molar-refractivity contribution in [2.24, 2.45) is 0 Å². The molecule has 1 saturated carbocycles. The third-order valence-corrected chi connectivity index (χ3v) is 3.93. The highest BCUT2D eigenvalue weighted by atomic mass is 32.1. The molecule has 0 aromatic carbocycles. The molecule has 98 valence electrons. The summed E-state index contributed by atoms with van der Waals surface area (Å²) < 4.78 is 0. The fraction of sp³-hybridized carbons (Fsp3) is 0.583. The van der Waals surface area contributed by atoms with Crippen LogP contribution in [0.4, 0.5) is 0 Å². The second-order valence-electron chi connectivity index (χ2n) is 4.78. The average Bonchev–Trinajstić information content (AvgIpc) is 3.00. The van der Waals surface area contributed by atoms with Gasteiger partial charge in [0.25, 0.3) is 5.91 Å². The summed E-state index contributed by atoms with van der Waals surface area (Å²) in [5.74, 6) is -0.956. The zero-order valence-electron chi connectivity index (χ0n) is 10.4. The van der Waals surface area contributed by atoms with E-state index >= 15 is 0 Å². The summed E-state index contributed by atoms with van der Waals surface area (Å²) in [6.07, 6.45) is 1.78. The van der Waals surface area contributed by atoms with Crippen LogP contribution in [0.5, 0.6) is 0 Å². The molecule has 6 heteroatoms. The Balaban J connectivity index is 2.14. The van der Waals surface area contributed by atoms with Crippen molar-refractivity contribution in [2.45, 2.75) is 38.6 Å². The lowest BCUT2D eigenvalue weighted by molar-refractivity contribution is -0.137. The smallest absolute Gasteiger partial charge is 0.323 e. The molecule has 0 saturated heterocycles. The van der Waals surface area contributed by atoms with E-state index in [0.717, 1.165) is 17.8 Å².